The fourth-order valence-corrected chi connectivity index (χ4v) is 4.70. The zero-order valence-corrected chi connectivity index (χ0v) is 19.8. The molecule has 3 atom stereocenters. The van der Waals surface area contributed by atoms with Gasteiger partial charge in [-0.2, -0.15) is 0 Å². The van der Waals surface area contributed by atoms with E-state index in [9.17, 15) is 23.1 Å². The number of nitrogens with zero attached hydrogens (tertiary/aromatic N) is 1. The number of aryl methyl sites for hydroxylation is 1. The highest BCUT2D eigenvalue weighted by Crippen LogP contribution is 2.24. The van der Waals surface area contributed by atoms with Gasteiger partial charge in [-0.3, -0.25) is 4.79 Å². The van der Waals surface area contributed by atoms with Crippen LogP contribution >= 0.6 is 11.6 Å². The van der Waals surface area contributed by atoms with Gasteiger partial charge in [-0.25, -0.2) is 17.9 Å². The number of carbonyl (C=O) groups is 2. The zero-order chi connectivity index (χ0) is 24.0. The number of sulfonamides is 1. The van der Waals surface area contributed by atoms with E-state index in [1.165, 1.54) is 4.90 Å². The Balaban J connectivity index is 1.70. The van der Waals surface area contributed by atoms with Gasteiger partial charge in [-0.1, -0.05) is 54.1 Å². The lowest BCUT2D eigenvalue weighted by Gasteiger charge is -2.27. The Morgan fingerprint density at radius 1 is 1.15 bits per heavy atom. The molecule has 0 aliphatic carbocycles. The minimum Gasteiger partial charge on any atom is -0.480 e. The zero-order valence-electron chi connectivity index (χ0n) is 18.2. The standard InChI is InChI=1S/C23H27ClN2O6S/c1-33(30,31)25-20(12-9-16-5-3-2-4-6-16)22(27)26-14-19(13-21(26)23(28)29)32-15-17-7-10-18(24)11-8-17/h2-8,10-11,19-21,25H,9,12-15H2,1H3,(H,28,29)/t19-,20-,21+/m1/s1. The highest BCUT2D eigenvalue weighted by molar-refractivity contribution is 7.88. The molecule has 1 amide bonds. The molecule has 0 radical (unpaired) electrons. The van der Waals surface area contributed by atoms with Gasteiger partial charge in [0.25, 0.3) is 0 Å². The predicted molar refractivity (Wildman–Crippen MR) is 124 cm³/mol. The van der Waals surface area contributed by atoms with Crippen LogP contribution in [0.4, 0.5) is 0 Å². The molecular weight excluding hydrogens is 468 g/mol. The fourth-order valence-electron chi connectivity index (χ4n) is 3.84. The van der Waals surface area contributed by atoms with Crippen LogP contribution in [0, 0.1) is 0 Å². The molecule has 10 heteroatoms. The maximum absolute atomic E-state index is 13.3. The van der Waals surface area contributed by atoms with Gasteiger partial charge < -0.3 is 14.7 Å². The van der Waals surface area contributed by atoms with Crippen LogP contribution in [0.15, 0.2) is 54.6 Å². The van der Waals surface area contributed by atoms with Crippen molar-refractivity contribution in [3.05, 3.63) is 70.7 Å². The number of amides is 1. The molecule has 0 bridgehead atoms. The normalized spacial score (nSPS) is 19.4. The number of likely N-dealkylation sites (tertiary alicyclic amines) is 1. The van der Waals surface area contributed by atoms with E-state index in [0.29, 0.717) is 11.4 Å². The largest absolute Gasteiger partial charge is 0.480 e. The van der Waals surface area contributed by atoms with E-state index in [-0.39, 0.29) is 26.0 Å². The van der Waals surface area contributed by atoms with Crippen LogP contribution in [0.5, 0.6) is 0 Å². The topological polar surface area (TPSA) is 113 Å². The van der Waals surface area contributed by atoms with E-state index in [1.807, 2.05) is 42.5 Å². The third kappa shape index (κ3) is 7.53. The third-order valence-corrected chi connectivity index (χ3v) is 6.41. The molecule has 0 spiro atoms. The Morgan fingerprint density at radius 3 is 2.42 bits per heavy atom. The number of ether oxygens (including phenoxy) is 1. The summed E-state index contributed by atoms with van der Waals surface area (Å²) in [4.78, 5) is 26.4. The molecule has 1 aliphatic rings. The summed E-state index contributed by atoms with van der Waals surface area (Å²) in [6, 6.07) is 14.3. The van der Waals surface area contributed by atoms with Crippen molar-refractivity contribution in [1.82, 2.24) is 9.62 Å². The third-order valence-electron chi connectivity index (χ3n) is 5.45. The Hall–Kier alpha value is -2.46. The van der Waals surface area contributed by atoms with Crippen LogP contribution in [-0.2, 0) is 37.4 Å². The first-order chi connectivity index (χ1) is 15.6. The monoisotopic (exact) mass is 494 g/mol. The van der Waals surface area contributed by atoms with E-state index >= 15 is 0 Å². The fraction of sp³-hybridized carbons (Fsp3) is 0.391. The summed E-state index contributed by atoms with van der Waals surface area (Å²) in [5.74, 6) is -1.72. The Bertz CT molecular complexity index is 1060. The van der Waals surface area contributed by atoms with Crippen LogP contribution < -0.4 is 4.72 Å². The lowest BCUT2D eigenvalue weighted by Crippen LogP contribution is -2.51. The number of rotatable bonds is 10. The number of nitrogens with one attached hydrogen (secondary N) is 1. The molecule has 1 saturated heterocycles. The van der Waals surface area contributed by atoms with Crippen LogP contribution in [0.1, 0.15) is 24.0 Å². The van der Waals surface area contributed by atoms with Gasteiger partial charge in [-0.05, 0) is 36.1 Å². The second-order valence-electron chi connectivity index (χ2n) is 8.11. The van der Waals surface area contributed by atoms with Crippen LogP contribution in [0.25, 0.3) is 0 Å². The van der Waals surface area contributed by atoms with Crippen molar-refractivity contribution >= 4 is 33.5 Å². The number of carboxylic acids is 1. The first-order valence-corrected chi connectivity index (χ1v) is 12.8. The lowest BCUT2D eigenvalue weighted by molar-refractivity contribution is -0.148. The summed E-state index contributed by atoms with van der Waals surface area (Å²) in [6.07, 6.45) is 1.28. The molecule has 3 rings (SSSR count). The number of benzene rings is 2. The SMILES string of the molecule is CS(=O)(=O)N[C@H](CCc1ccccc1)C(=O)N1C[C@H](OCc2ccc(Cl)cc2)C[C@H]1C(=O)O. The molecule has 1 heterocycles. The van der Waals surface area contributed by atoms with Crippen molar-refractivity contribution in [1.29, 1.82) is 0 Å². The molecule has 2 aromatic carbocycles. The molecule has 1 aliphatic heterocycles. The van der Waals surface area contributed by atoms with Gasteiger partial charge in [0, 0.05) is 18.0 Å². The number of carboxylic acid groups (broad SMARTS) is 1. The second-order valence-corrected chi connectivity index (χ2v) is 10.3. The van der Waals surface area contributed by atoms with Gasteiger partial charge in [0.15, 0.2) is 0 Å². The molecule has 178 valence electrons. The molecule has 1 fully saturated rings. The van der Waals surface area contributed by atoms with E-state index in [2.05, 4.69) is 4.72 Å². The second kappa shape index (κ2) is 11.1. The van der Waals surface area contributed by atoms with Gasteiger partial charge >= 0.3 is 5.97 Å². The van der Waals surface area contributed by atoms with Gasteiger partial charge in [-0.15, -0.1) is 0 Å². The maximum Gasteiger partial charge on any atom is 0.326 e. The Kier molecular flexibility index (Phi) is 8.47. The van der Waals surface area contributed by atoms with E-state index in [1.54, 1.807) is 12.1 Å². The molecule has 2 aromatic rings. The smallest absolute Gasteiger partial charge is 0.326 e. The molecule has 8 nitrogen and oxygen atoms in total. The van der Waals surface area contributed by atoms with E-state index in [4.69, 9.17) is 16.3 Å². The van der Waals surface area contributed by atoms with Crippen molar-refractivity contribution in [3.8, 4) is 0 Å². The van der Waals surface area contributed by atoms with Crippen molar-refractivity contribution in [2.24, 2.45) is 0 Å². The number of carbonyl (C=O) groups excluding carboxylic acids is 1. The first kappa shape index (κ1) is 25.2. The lowest BCUT2D eigenvalue weighted by atomic mass is 10.0. The van der Waals surface area contributed by atoms with Gasteiger partial charge in [0.1, 0.15) is 12.1 Å². The van der Waals surface area contributed by atoms with Crippen LogP contribution in [-0.4, -0.2) is 61.3 Å². The summed E-state index contributed by atoms with van der Waals surface area (Å²) in [6.45, 7) is 0.311. The Labute approximate surface area is 198 Å². The molecular formula is C23H27ClN2O6S. The number of halogens is 1. The highest BCUT2D eigenvalue weighted by atomic mass is 35.5. The highest BCUT2D eigenvalue weighted by Gasteiger charge is 2.42. The van der Waals surface area contributed by atoms with Gasteiger partial charge in [0.05, 0.1) is 19.0 Å². The minimum atomic E-state index is -3.69. The minimum absolute atomic E-state index is 0.0661. The quantitative estimate of drug-likeness (QED) is 0.524. The number of hydrogen-bond donors (Lipinski definition) is 2. The van der Waals surface area contributed by atoms with Crippen LogP contribution in [0.3, 0.4) is 0 Å². The average Bonchev–Trinajstić information content (AvgIpc) is 3.20. The van der Waals surface area contributed by atoms with Crippen molar-refractivity contribution < 1.29 is 27.9 Å². The summed E-state index contributed by atoms with van der Waals surface area (Å²) in [7, 11) is -3.69. The summed E-state index contributed by atoms with van der Waals surface area (Å²) >= 11 is 5.89. The molecule has 0 unspecified atom stereocenters. The summed E-state index contributed by atoms with van der Waals surface area (Å²) < 4.78 is 32.0. The van der Waals surface area contributed by atoms with Gasteiger partial charge in [0.2, 0.25) is 15.9 Å². The van der Waals surface area contributed by atoms with E-state index in [0.717, 1.165) is 17.4 Å². The van der Waals surface area contributed by atoms with Crippen LogP contribution in [0.2, 0.25) is 5.02 Å². The number of hydrogen-bond acceptors (Lipinski definition) is 5. The van der Waals surface area contributed by atoms with E-state index < -0.39 is 40.1 Å². The van der Waals surface area contributed by atoms with Crippen molar-refractivity contribution in [2.45, 2.75) is 44.1 Å². The molecule has 33 heavy (non-hydrogen) atoms. The first-order valence-electron chi connectivity index (χ1n) is 10.5. The number of aliphatic carboxylic acids is 1. The molecule has 2 N–H and O–H groups in total. The maximum atomic E-state index is 13.3. The Morgan fingerprint density at radius 2 is 1.82 bits per heavy atom. The summed E-state index contributed by atoms with van der Waals surface area (Å²) in [5.41, 5.74) is 1.82. The predicted octanol–water partition coefficient (Wildman–Crippen LogP) is 2.46. The van der Waals surface area contributed by atoms with Crippen molar-refractivity contribution in [2.75, 3.05) is 12.8 Å². The molecule has 0 saturated carbocycles. The van der Waals surface area contributed by atoms with Crippen molar-refractivity contribution in [3.63, 3.8) is 0 Å². The average molecular weight is 495 g/mol. The summed E-state index contributed by atoms with van der Waals surface area (Å²) in [5, 5.41) is 10.3. The molecule has 0 aromatic heterocycles.